The zero-order valence-electron chi connectivity index (χ0n) is 19.1. The maximum absolute atomic E-state index is 11.9. The van der Waals surface area contributed by atoms with Crippen molar-refractivity contribution in [2.45, 2.75) is 45.1 Å². The Labute approximate surface area is 191 Å². The maximum Gasteiger partial charge on any atom is 0.239 e. The Hall–Kier alpha value is -1.81. The van der Waals surface area contributed by atoms with Gasteiger partial charge in [-0.1, -0.05) is 11.2 Å². The van der Waals surface area contributed by atoms with Gasteiger partial charge in [0.2, 0.25) is 5.91 Å². The van der Waals surface area contributed by atoms with E-state index >= 15 is 0 Å². The number of nitrogens with zero attached hydrogens (tertiary/aromatic N) is 3. The molecule has 32 heavy (non-hydrogen) atoms. The van der Waals surface area contributed by atoms with Crippen LogP contribution in [0.4, 0.5) is 5.82 Å². The van der Waals surface area contributed by atoms with Crippen LogP contribution in [-0.2, 0) is 4.79 Å². The average Bonchev–Trinajstić information content (AvgIpc) is 3.15. The third kappa shape index (κ3) is 6.15. The molecule has 1 aliphatic heterocycles. The van der Waals surface area contributed by atoms with Crippen molar-refractivity contribution in [3.05, 3.63) is 23.8 Å². The number of hydrogen-bond acceptors (Lipinski definition) is 7. The molecule has 0 atom stereocenters. The molecular weight excluding hydrogens is 428 g/mol. The molecule has 2 aromatic rings. The highest BCUT2D eigenvalue weighted by molar-refractivity contribution is 8.24. The first kappa shape index (κ1) is 23.4. The molecule has 0 bridgehead atoms. The van der Waals surface area contributed by atoms with Crippen LogP contribution in [-0.4, -0.2) is 75.8 Å². The minimum atomic E-state index is -2.77. The molecule has 178 valence electrons. The fourth-order valence-corrected chi connectivity index (χ4v) is 5.50. The average molecular weight is 465 g/mol. The standard InChI is InChI=1S/C23H36N4O4S/c1-17-3-8-20-21(15-17)31-25-23(20)27-13-11-26(12-14-27)10-9-18-4-6-19(7-5-18)24-22(28)16-32(2,29)30/h3,8,15,18-19,29-30H,4-7,9-14,16H2,1-2H3,(H,24,28). The van der Waals surface area contributed by atoms with E-state index in [4.69, 9.17) is 4.52 Å². The lowest BCUT2D eigenvalue weighted by atomic mass is 9.84. The van der Waals surface area contributed by atoms with E-state index in [0.29, 0.717) is 5.92 Å². The summed E-state index contributed by atoms with van der Waals surface area (Å²) < 4.78 is 24.4. The summed E-state index contributed by atoms with van der Waals surface area (Å²) in [5.41, 5.74) is 2.04. The van der Waals surface area contributed by atoms with Gasteiger partial charge in [-0.25, -0.2) is 0 Å². The minimum absolute atomic E-state index is 0.171. The number of amides is 1. The highest BCUT2D eigenvalue weighted by Crippen LogP contribution is 2.33. The van der Waals surface area contributed by atoms with Gasteiger partial charge in [0.25, 0.3) is 0 Å². The predicted molar refractivity (Wildman–Crippen MR) is 130 cm³/mol. The Kier molecular flexibility index (Phi) is 7.29. The summed E-state index contributed by atoms with van der Waals surface area (Å²) in [7, 11) is -2.77. The van der Waals surface area contributed by atoms with E-state index in [1.54, 1.807) is 0 Å². The van der Waals surface area contributed by atoms with Crippen LogP contribution in [0, 0.1) is 12.8 Å². The summed E-state index contributed by atoms with van der Waals surface area (Å²) in [5.74, 6) is 1.23. The van der Waals surface area contributed by atoms with Crippen molar-refractivity contribution in [2.24, 2.45) is 5.92 Å². The first-order chi connectivity index (χ1) is 15.3. The largest absolute Gasteiger partial charge is 0.354 e. The van der Waals surface area contributed by atoms with Crippen LogP contribution in [0.3, 0.4) is 0 Å². The number of carbonyl (C=O) groups excluding carboxylic acids is 1. The van der Waals surface area contributed by atoms with Crippen molar-refractivity contribution in [1.29, 1.82) is 0 Å². The Morgan fingerprint density at radius 3 is 2.59 bits per heavy atom. The molecule has 1 aliphatic carbocycles. The predicted octanol–water partition coefficient (Wildman–Crippen LogP) is 3.70. The Morgan fingerprint density at radius 2 is 1.91 bits per heavy atom. The van der Waals surface area contributed by atoms with Crippen LogP contribution >= 0.6 is 10.6 Å². The number of aryl methyl sites for hydroxylation is 1. The zero-order valence-corrected chi connectivity index (χ0v) is 19.9. The molecule has 9 heteroatoms. The molecule has 0 radical (unpaired) electrons. The van der Waals surface area contributed by atoms with Gasteiger partial charge in [-0.3, -0.25) is 18.8 Å². The quantitative estimate of drug-likeness (QED) is 0.574. The van der Waals surface area contributed by atoms with Gasteiger partial charge in [0.1, 0.15) is 5.75 Å². The van der Waals surface area contributed by atoms with Gasteiger partial charge in [-0.05, 0) is 69.2 Å². The highest BCUT2D eigenvalue weighted by atomic mass is 32.3. The molecular formula is C23H36N4O4S. The molecule has 0 spiro atoms. The first-order valence-electron chi connectivity index (χ1n) is 11.6. The summed E-state index contributed by atoms with van der Waals surface area (Å²) in [6, 6.07) is 6.43. The van der Waals surface area contributed by atoms with Crippen LogP contribution in [0.15, 0.2) is 22.7 Å². The SMILES string of the molecule is Cc1ccc2c(N3CCN(CCC4CCC(NC(=O)CS(C)(O)O)CC4)CC3)noc2c1. The van der Waals surface area contributed by atoms with Crippen molar-refractivity contribution in [3.63, 3.8) is 0 Å². The van der Waals surface area contributed by atoms with Gasteiger partial charge in [-0.15, -0.1) is 0 Å². The number of nitrogens with one attached hydrogen (secondary N) is 1. The number of aromatic nitrogens is 1. The van der Waals surface area contributed by atoms with Crippen molar-refractivity contribution >= 4 is 33.3 Å². The molecule has 1 saturated heterocycles. The smallest absolute Gasteiger partial charge is 0.239 e. The maximum atomic E-state index is 11.9. The number of piperazine rings is 1. The van der Waals surface area contributed by atoms with Gasteiger partial charge in [0.15, 0.2) is 11.4 Å². The van der Waals surface area contributed by atoms with Crippen LogP contribution < -0.4 is 10.2 Å². The van der Waals surface area contributed by atoms with E-state index in [-0.39, 0.29) is 17.7 Å². The minimum Gasteiger partial charge on any atom is -0.354 e. The Bertz CT molecular complexity index is 912. The number of rotatable bonds is 7. The van der Waals surface area contributed by atoms with Crippen molar-refractivity contribution in [3.8, 4) is 0 Å². The molecule has 1 amide bonds. The van der Waals surface area contributed by atoms with E-state index in [2.05, 4.69) is 39.3 Å². The van der Waals surface area contributed by atoms with Crippen molar-refractivity contribution in [2.75, 3.05) is 49.6 Å². The lowest BCUT2D eigenvalue weighted by Gasteiger charge is -2.36. The number of anilines is 1. The lowest BCUT2D eigenvalue weighted by Crippen LogP contribution is -2.47. The fraction of sp³-hybridized carbons (Fsp3) is 0.652. The van der Waals surface area contributed by atoms with E-state index in [9.17, 15) is 13.9 Å². The molecule has 2 aliphatic rings. The molecule has 1 saturated carbocycles. The van der Waals surface area contributed by atoms with Crippen LogP contribution in [0.1, 0.15) is 37.7 Å². The van der Waals surface area contributed by atoms with Gasteiger partial charge in [-0.2, -0.15) is 10.6 Å². The van der Waals surface area contributed by atoms with Crippen molar-refractivity contribution in [1.82, 2.24) is 15.4 Å². The monoisotopic (exact) mass is 464 g/mol. The Morgan fingerprint density at radius 1 is 1.19 bits per heavy atom. The molecule has 0 unspecified atom stereocenters. The van der Waals surface area contributed by atoms with E-state index < -0.39 is 10.6 Å². The molecule has 2 fully saturated rings. The number of carbonyl (C=O) groups is 1. The third-order valence-electron chi connectivity index (χ3n) is 6.75. The van der Waals surface area contributed by atoms with Crippen molar-refractivity contribution < 1.29 is 18.4 Å². The first-order valence-corrected chi connectivity index (χ1v) is 13.7. The lowest BCUT2D eigenvalue weighted by molar-refractivity contribution is -0.119. The summed E-state index contributed by atoms with van der Waals surface area (Å²) in [6.45, 7) is 7.18. The van der Waals surface area contributed by atoms with Gasteiger partial charge < -0.3 is 14.7 Å². The second kappa shape index (κ2) is 9.99. The van der Waals surface area contributed by atoms with E-state index in [1.807, 2.05) is 6.07 Å². The fourth-order valence-electron chi connectivity index (χ4n) is 4.92. The van der Waals surface area contributed by atoms with Gasteiger partial charge in [0, 0.05) is 38.5 Å². The van der Waals surface area contributed by atoms with E-state index in [0.717, 1.165) is 75.2 Å². The third-order valence-corrected chi connectivity index (χ3v) is 7.56. The molecule has 2 heterocycles. The normalized spacial score (nSPS) is 23.4. The second-order valence-electron chi connectivity index (χ2n) is 9.55. The van der Waals surface area contributed by atoms with E-state index in [1.165, 1.54) is 18.2 Å². The number of benzene rings is 1. The molecule has 1 aromatic carbocycles. The highest BCUT2D eigenvalue weighted by Gasteiger charge is 2.25. The summed E-state index contributed by atoms with van der Waals surface area (Å²) >= 11 is 0. The van der Waals surface area contributed by atoms with Crippen LogP contribution in [0.25, 0.3) is 11.0 Å². The number of hydrogen-bond donors (Lipinski definition) is 3. The molecule has 3 N–H and O–H groups in total. The molecule has 4 rings (SSSR count). The second-order valence-corrected chi connectivity index (χ2v) is 11.8. The van der Waals surface area contributed by atoms with Crippen LogP contribution in [0.2, 0.25) is 0 Å². The zero-order chi connectivity index (χ0) is 22.7. The van der Waals surface area contributed by atoms with Gasteiger partial charge >= 0.3 is 0 Å². The van der Waals surface area contributed by atoms with Gasteiger partial charge in [0.05, 0.1) is 5.39 Å². The topological polar surface area (TPSA) is 102 Å². The Balaban J connectivity index is 1.16. The summed E-state index contributed by atoms with van der Waals surface area (Å²) in [4.78, 5) is 16.8. The van der Waals surface area contributed by atoms with Crippen LogP contribution in [0.5, 0.6) is 0 Å². The summed E-state index contributed by atoms with van der Waals surface area (Å²) in [5, 5.41) is 8.39. The number of fused-ring (bicyclic) bond motifs is 1. The molecule has 8 nitrogen and oxygen atoms in total. The molecule has 1 aromatic heterocycles. The summed E-state index contributed by atoms with van der Waals surface area (Å²) in [6.07, 6.45) is 6.72.